The highest BCUT2D eigenvalue weighted by Crippen LogP contribution is 2.56. The number of benzene rings is 2. The Morgan fingerprint density at radius 3 is 2.53 bits per heavy atom. The summed E-state index contributed by atoms with van der Waals surface area (Å²) < 4.78 is 30.6. The van der Waals surface area contributed by atoms with Crippen LogP contribution in [-0.2, 0) is 10.2 Å². The summed E-state index contributed by atoms with van der Waals surface area (Å²) in [5.74, 6) is -2.42. The number of nitrogens with two attached hydrogens (primary N) is 1. The Labute approximate surface area is 196 Å². The lowest BCUT2D eigenvalue weighted by Crippen LogP contribution is -2.41. The van der Waals surface area contributed by atoms with Crippen molar-refractivity contribution >= 4 is 29.1 Å². The number of carbonyl (C=O) groups excluding carboxylic acids is 1. The van der Waals surface area contributed by atoms with Crippen LogP contribution < -0.4 is 5.73 Å². The summed E-state index contributed by atoms with van der Waals surface area (Å²) in [4.78, 5) is 13.6. The average Bonchev–Trinajstić information content (AvgIpc) is 2.95. The van der Waals surface area contributed by atoms with Gasteiger partial charge < -0.3 is 5.73 Å². The van der Waals surface area contributed by atoms with Gasteiger partial charge >= 0.3 is 0 Å². The molecule has 2 aromatic carbocycles. The highest BCUT2D eigenvalue weighted by Gasteiger charge is 2.58. The second-order valence-electron chi connectivity index (χ2n) is 9.51. The molecule has 1 aliphatic heterocycles. The van der Waals surface area contributed by atoms with E-state index in [1.54, 1.807) is 11.0 Å². The normalized spacial score (nSPS) is 23.8. The van der Waals surface area contributed by atoms with E-state index in [0.29, 0.717) is 6.42 Å². The van der Waals surface area contributed by atoms with Crippen LogP contribution in [0.4, 0.5) is 8.78 Å². The smallest absolute Gasteiger partial charge is 0.231 e. The molecule has 1 aliphatic rings. The summed E-state index contributed by atoms with van der Waals surface area (Å²) in [6.07, 6.45) is 0.524. The van der Waals surface area contributed by atoms with Crippen LogP contribution in [-0.4, -0.2) is 23.9 Å². The molecule has 0 aromatic heterocycles. The number of nitriles is 1. The molecule has 1 saturated heterocycles. The van der Waals surface area contributed by atoms with Crippen LogP contribution >= 0.6 is 23.2 Å². The standard InChI is InChI=1S/C24H25Cl2F2N3O/c1-23(2,3)10-14-11-31(12-20(30)32)22(16-5-4-6-18(26)21(16)28)24(14,13-29)17-8-7-15(25)9-19(17)27/h4-9,14,22H,10-12H2,1-3H3,(H2,30,32)/t14-,22-,24-/m1/s1. The Morgan fingerprint density at radius 2 is 1.97 bits per heavy atom. The predicted octanol–water partition coefficient (Wildman–Crippen LogP) is 5.63. The Bertz CT molecular complexity index is 1080. The summed E-state index contributed by atoms with van der Waals surface area (Å²) in [6.45, 7) is 6.08. The number of carbonyl (C=O) groups is 1. The van der Waals surface area contributed by atoms with Crippen LogP contribution in [0.1, 0.15) is 44.4 Å². The van der Waals surface area contributed by atoms with E-state index in [2.05, 4.69) is 6.07 Å². The zero-order valence-corrected chi connectivity index (χ0v) is 19.6. The molecule has 0 spiro atoms. The third-order valence-corrected chi connectivity index (χ3v) is 6.48. The summed E-state index contributed by atoms with van der Waals surface area (Å²) in [7, 11) is 0. The van der Waals surface area contributed by atoms with Gasteiger partial charge in [-0.3, -0.25) is 9.69 Å². The quantitative estimate of drug-likeness (QED) is 0.603. The first-order chi connectivity index (χ1) is 14.9. The molecule has 170 valence electrons. The minimum Gasteiger partial charge on any atom is -0.369 e. The lowest BCUT2D eigenvalue weighted by molar-refractivity contribution is -0.119. The number of halogens is 4. The first-order valence-corrected chi connectivity index (χ1v) is 11.0. The monoisotopic (exact) mass is 479 g/mol. The van der Waals surface area contributed by atoms with Gasteiger partial charge in [0.25, 0.3) is 0 Å². The van der Waals surface area contributed by atoms with Crippen molar-refractivity contribution < 1.29 is 13.6 Å². The number of nitrogens with zero attached hydrogens (tertiary/aromatic N) is 2. The van der Waals surface area contributed by atoms with E-state index in [9.17, 15) is 10.1 Å². The van der Waals surface area contributed by atoms with Crippen LogP contribution in [0.5, 0.6) is 0 Å². The minimum atomic E-state index is -1.51. The van der Waals surface area contributed by atoms with Crippen molar-refractivity contribution in [3.05, 3.63) is 69.2 Å². The van der Waals surface area contributed by atoms with Gasteiger partial charge in [0.1, 0.15) is 17.0 Å². The van der Waals surface area contributed by atoms with Gasteiger partial charge in [-0.25, -0.2) is 8.78 Å². The maximum absolute atomic E-state index is 15.3. The van der Waals surface area contributed by atoms with Gasteiger partial charge in [0, 0.05) is 22.7 Å². The second kappa shape index (κ2) is 8.97. The fraction of sp³-hybridized carbons (Fsp3) is 0.417. The largest absolute Gasteiger partial charge is 0.369 e. The number of amides is 1. The topological polar surface area (TPSA) is 70.1 Å². The predicted molar refractivity (Wildman–Crippen MR) is 121 cm³/mol. The van der Waals surface area contributed by atoms with E-state index >= 15 is 8.78 Å². The summed E-state index contributed by atoms with van der Waals surface area (Å²) in [5.41, 5.74) is 3.98. The van der Waals surface area contributed by atoms with Gasteiger partial charge in [-0.1, -0.05) is 62.2 Å². The Balaban J connectivity index is 2.36. The van der Waals surface area contributed by atoms with Crippen molar-refractivity contribution in [2.45, 2.75) is 38.6 Å². The van der Waals surface area contributed by atoms with Gasteiger partial charge in [0.05, 0.1) is 23.7 Å². The number of hydrogen-bond donors (Lipinski definition) is 1. The molecular weight excluding hydrogens is 455 g/mol. The Hall–Kier alpha value is -2.20. The van der Waals surface area contributed by atoms with Crippen molar-refractivity contribution in [3.8, 4) is 6.07 Å². The molecule has 1 heterocycles. The molecule has 0 aliphatic carbocycles. The van der Waals surface area contributed by atoms with Gasteiger partial charge in [-0.15, -0.1) is 0 Å². The molecule has 1 amide bonds. The molecule has 4 nitrogen and oxygen atoms in total. The van der Waals surface area contributed by atoms with E-state index in [1.807, 2.05) is 20.8 Å². The van der Waals surface area contributed by atoms with E-state index in [1.165, 1.54) is 24.3 Å². The molecule has 8 heteroatoms. The third-order valence-electron chi connectivity index (χ3n) is 5.95. The molecule has 3 atom stereocenters. The Morgan fingerprint density at radius 1 is 1.28 bits per heavy atom. The first-order valence-electron chi connectivity index (χ1n) is 10.2. The number of likely N-dealkylation sites (tertiary alicyclic amines) is 1. The van der Waals surface area contributed by atoms with Crippen LogP contribution in [0.15, 0.2) is 36.4 Å². The van der Waals surface area contributed by atoms with Crippen LogP contribution in [0.2, 0.25) is 10.0 Å². The van der Waals surface area contributed by atoms with Gasteiger partial charge in [-0.2, -0.15) is 5.26 Å². The number of rotatable bonds is 5. The van der Waals surface area contributed by atoms with Gasteiger partial charge in [0.15, 0.2) is 0 Å². The van der Waals surface area contributed by atoms with E-state index in [0.717, 1.165) is 6.07 Å². The maximum Gasteiger partial charge on any atom is 0.231 e. The summed E-state index contributed by atoms with van der Waals surface area (Å²) in [6, 6.07) is 9.96. The fourth-order valence-corrected chi connectivity index (χ4v) is 5.28. The fourth-order valence-electron chi connectivity index (χ4n) is 4.94. The molecule has 0 unspecified atom stereocenters. The zero-order valence-electron chi connectivity index (χ0n) is 18.1. The van der Waals surface area contributed by atoms with Crippen LogP contribution in [0, 0.1) is 34.3 Å². The lowest BCUT2D eigenvalue weighted by Gasteiger charge is -2.38. The van der Waals surface area contributed by atoms with Gasteiger partial charge in [-0.05, 0) is 36.0 Å². The molecule has 2 aromatic rings. The minimum absolute atomic E-state index is 0.106. The van der Waals surface area contributed by atoms with Crippen LogP contribution in [0.25, 0.3) is 0 Å². The van der Waals surface area contributed by atoms with Crippen molar-refractivity contribution in [2.24, 2.45) is 17.1 Å². The third kappa shape index (κ3) is 4.47. The molecule has 0 bridgehead atoms. The number of hydrogen-bond acceptors (Lipinski definition) is 3. The molecule has 32 heavy (non-hydrogen) atoms. The van der Waals surface area contributed by atoms with Crippen molar-refractivity contribution in [1.29, 1.82) is 5.26 Å². The summed E-state index contributed by atoms with van der Waals surface area (Å²) in [5, 5.41) is 10.7. The van der Waals surface area contributed by atoms with Crippen LogP contribution in [0.3, 0.4) is 0 Å². The molecule has 2 N–H and O–H groups in total. The summed E-state index contributed by atoms with van der Waals surface area (Å²) >= 11 is 12.0. The molecule has 0 radical (unpaired) electrons. The Kier molecular flexibility index (Phi) is 6.86. The highest BCUT2D eigenvalue weighted by atomic mass is 35.5. The first kappa shape index (κ1) is 24.4. The van der Waals surface area contributed by atoms with E-state index in [4.69, 9.17) is 28.9 Å². The SMILES string of the molecule is CC(C)(C)C[C@@H]1CN(CC(N)=O)[C@H](c2cccc(Cl)c2F)[C@@]1(C#N)c1ccc(Cl)cc1F. The maximum atomic E-state index is 15.3. The molecular formula is C24H25Cl2F2N3O. The average molecular weight is 480 g/mol. The van der Waals surface area contributed by atoms with E-state index in [-0.39, 0.29) is 39.7 Å². The van der Waals surface area contributed by atoms with Gasteiger partial charge in [0.2, 0.25) is 5.91 Å². The highest BCUT2D eigenvalue weighted by molar-refractivity contribution is 6.31. The van der Waals surface area contributed by atoms with E-state index < -0.39 is 34.9 Å². The lowest BCUT2D eigenvalue weighted by atomic mass is 9.63. The van der Waals surface area contributed by atoms with Crippen molar-refractivity contribution in [2.75, 3.05) is 13.1 Å². The molecule has 3 rings (SSSR count). The zero-order chi connectivity index (χ0) is 23.8. The number of primary amides is 1. The molecule has 0 saturated carbocycles. The van der Waals surface area contributed by atoms with Crippen molar-refractivity contribution in [3.63, 3.8) is 0 Å². The van der Waals surface area contributed by atoms with Crippen molar-refractivity contribution in [1.82, 2.24) is 4.90 Å². The second-order valence-corrected chi connectivity index (χ2v) is 10.4. The molecule has 1 fully saturated rings.